The van der Waals surface area contributed by atoms with Crippen molar-refractivity contribution in [1.29, 1.82) is 0 Å². The van der Waals surface area contributed by atoms with Crippen molar-refractivity contribution in [2.75, 3.05) is 0 Å². The van der Waals surface area contributed by atoms with Gasteiger partial charge in [0, 0.05) is 0 Å². The molecule has 0 amide bonds. The van der Waals surface area contributed by atoms with Crippen LogP contribution in [0.15, 0.2) is 48.6 Å². The molecule has 0 saturated heterocycles. The molecule has 0 nitrogen and oxygen atoms in total. The summed E-state index contributed by atoms with van der Waals surface area (Å²) in [4.78, 5) is 0. The number of allylic oxidation sites excluding steroid dienone is 8. The van der Waals surface area contributed by atoms with Crippen LogP contribution in [0, 0.1) is 0 Å². The molecule has 0 aromatic rings. The third kappa shape index (κ3) is 1.98. The van der Waals surface area contributed by atoms with Gasteiger partial charge in [0.2, 0.25) is 0 Å². The Bertz CT molecular complexity index is 262. The molecule has 66 valence electrons. The van der Waals surface area contributed by atoms with Crippen molar-refractivity contribution in [2.24, 2.45) is 0 Å². The van der Waals surface area contributed by atoms with Gasteiger partial charge in [0.05, 0.1) is 0 Å². The fourth-order valence-electron chi connectivity index (χ4n) is 1.88. The second kappa shape index (κ2) is 3.16. The summed E-state index contributed by atoms with van der Waals surface area (Å²) < 4.78 is 0.855. The molecule has 1 heteroatoms. The number of rotatable bonds is 2. The minimum absolute atomic E-state index is 0.428. The Morgan fingerprint density at radius 2 is 1.00 bits per heavy atom. The minimum atomic E-state index is -0.477. The van der Waals surface area contributed by atoms with Gasteiger partial charge >= 0.3 is 90.5 Å². The molecule has 0 N–H and O–H groups in total. The van der Waals surface area contributed by atoms with E-state index in [0.29, 0.717) is 6.86 Å². The summed E-state index contributed by atoms with van der Waals surface area (Å²) >= 11 is -0.477. The van der Waals surface area contributed by atoms with Gasteiger partial charge in [-0.2, -0.15) is 0 Å². The standard InChI is InChI=1S/2C6H7.Sn/c2*1-6-4-2-3-5-6;/h2*2-5H,1H3;. The van der Waals surface area contributed by atoms with E-state index in [1.165, 1.54) is 0 Å². The molecule has 0 unspecified atom stereocenters. The van der Waals surface area contributed by atoms with Crippen molar-refractivity contribution in [3.8, 4) is 0 Å². The van der Waals surface area contributed by atoms with Crippen molar-refractivity contribution in [2.45, 2.75) is 20.7 Å². The zero-order valence-electron chi connectivity index (χ0n) is 8.12. The van der Waals surface area contributed by atoms with Crippen LogP contribution in [0.5, 0.6) is 0 Å². The van der Waals surface area contributed by atoms with Crippen LogP contribution < -0.4 is 0 Å². The SMILES string of the molecule is C[C]1([Sn][C]2(C)C=CC=C2)C=CC=C1. The van der Waals surface area contributed by atoms with Gasteiger partial charge < -0.3 is 0 Å². The van der Waals surface area contributed by atoms with Crippen LogP contribution in [0.1, 0.15) is 13.8 Å². The van der Waals surface area contributed by atoms with E-state index in [1.54, 1.807) is 0 Å². The molecule has 0 fully saturated rings. The van der Waals surface area contributed by atoms with Crippen LogP contribution in [0.4, 0.5) is 0 Å². The Morgan fingerprint density at radius 1 is 0.692 bits per heavy atom. The van der Waals surface area contributed by atoms with Crippen molar-refractivity contribution < 1.29 is 0 Å². The van der Waals surface area contributed by atoms with E-state index >= 15 is 0 Å². The van der Waals surface area contributed by atoms with Gasteiger partial charge in [-0.3, -0.25) is 0 Å². The van der Waals surface area contributed by atoms with Crippen molar-refractivity contribution >= 4 is 21.1 Å². The zero-order valence-corrected chi connectivity index (χ0v) is 11.0. The quantitative estimate of drug-likeness (QED) is 0.679. The van der Waals surface area contributed by atoms with Crippen molar-refractivity contribution in [3.63, 3.8) is 0 Å². The average molecular weight is 277 g/mol. The topological polar surface area (TPSA) is 0 Å². The van der Waals surface area contributed by atoms with Gasteiger partial charge in [0.25, 0.3) is 0 Å². The van der Waals surface area contributed by atoms with E-state index < -0.39 is 21.1 Å². The molecule has 0 aromatic carbocycles. The van der Waals surface area contributed by atoms with E-state index in [4.69, 9.17) is 0 Å². The van der Waals surface area contributed by atoms with Crippen LogP contribution in [-0.4, -0.2) is 21.1 Å². The first-order valence-corrected chi connectivity index (χ1v) is 7.51. The second-order valence-corrected chi connectivity index (χ2v) is 11.0. The van der Waals surface area contributed by atoms with E-state index in [1.807, 2.05) is 0 Å². The third-order valence-electron chi connectivity index (χ3n) is 2.53. The summed E-state index contributed by atoms with van der Waals surface area (Å²) in [5.41, 5.74) is 0. The third-order valence-corrected chi connectivity index (χ3v) is 7.51. The van der Waals surface area contributed by atoms with Crippen molar-refractivity contribution in [3.05, 3.63) is 48.6 Å². The normalized spacial score (nSPS) is 26.0. The van der Waals surface area contributed by atoms with E-state index in [0.717, 1.165) is 0 Å². The molecule has 0 spiro atoms. The summed E-state index contributed by atoms with van der Waals surface area (Å²) in [7, 11) is 0. The van der Waals surface area contributed by atoms with Crippen molar-refractivity contribution in [1.82, 2.24) is 0 Å². The fraction of sp³-hybridized carbons (Fsp3) is 0.333. The molecule has 13 heavy (non-hydrogen) atoms. The molecule has 0 heterocycles. The van der Waals surface area contributed by atoms with Gasteiger partial charge in [-0.1, -0.05) is 0 Å². The van der Waals surface area contributed by atoms with Gasteiger partial charge in [0.15, 0.2) is 0 Å². The van der Waals surface area contributed by atoms with Crippen LogP contribution in [0.3, 0.4) is 0 Å². The summed E-state index contributed by atoms with van der Waals surface area (Å²) in [5, 5.41) is 0. The summed E-state index contributed by atoms with van der Waals surface area (Å²) in [6.45, 7) is 4.73. The molecule has 2 rings (SSSR count). The van der Waals surface area contributed by atoms with Gasteiger partial charge in [-0.25, -0.2) is 0 Å². The monoisotopic (exact) mass is 278 g/mol. The fourth-order valence-corrected chi connectivity index (χ4v) is 7.24. The Balaban J connectivity index is 2.14. The Hall–Kier alpha value is -0.241. The first-order valence-electron chi connectivity index (χ1n) is 4.65. The molecule has 0 saturated carbocycles. The molecule has 2 aliphatic carbocycles. The van der Waals surface area contributed by atoms with Crippen LogP contribution in [0.2, 0.25) is 6.86 Å². The summed E-state index contributed by atoms with van der Waals surface area (Å²) in [5.74, 6) is 0. The zero-order chi connectivity index (χ0) is 9.36. The molecular formula is C12H14Sn. The summed E-state index contributed by atoms with van der Waals surface area (Å²) in [6.07, 6.45) is 18.2. The average Bonchev–Trinajstić information content (AvgIpc) is 2.60. The molecule has 0 aliphatic heterocycles. The Morgan fingerprint density at radius 3 is 1.31 bits per heavy atom. The van der Waals surface area contributed by atoms with Gasteiger partial charge in [-0.15, -0.1) is 0 Å². The molecule has 2 aliphatic rings. The maximum atomic E-state index is 2.37. The molecule has 2 radical (unpaired) electrons. The Kier molecular flexibility index (Phi) is 2.26. The first kappa shape index (κ1) is 9.32. The molecule has 0 bridgehead atoms. The Labute approximate surface area is 90.3 Å². The van der Waals surface area contributed by atoms with Crippen LogP contribution >= 0.6 is 0 Å². The van der Waals surface area contributed by atoms with E-state index in [2.05, 4.69) is 62.5 Å². The predicted molar refractivity (Wildman–Crippen MR) is 59.0 cm³/mol. The molecule has 0 aromatic heterocycles. The van der Waals surface area contributed by atoms with E-state index in [9.17, 15) is 0 Å². The van der Waals surface area contributed by atoms with Gasteiger partial charge in [-0.05, 0) is 0 Å². The molecular weight excluding hydrogens is 263 g/mol. The van der Waals surface area contributed by atoms with Crippen LogP contribution in [0.25, 0.3) is 0 Å². The maximum absolute atomic E-state index is 2.37. The number of hydrogen-bond donors (Lipinski definition) is 0. The number of hydrogen-bond acceptors (Lipinski definition) is 0. The van der Waals surface area contributed by atoms with E-state index in [-0.39, 0.29) is 0 Å². The first-order chi connectivity index (χ1) is 6.12. The predicted octanol–water partition coefficient (Wildman–Crippen LogP) is 3.30. The second-order valence-electron chi connectivity index (χ2n) is 4.13. The van der Waals surface area contributed by atoms with Crippen LogP contribution in [-0.2, 0) is 0 Å². The summed E-state index contributed by atoms with van der Waals surface area (Å²) in [6, 6.07) is 0. The molecule has 0 atom stereocenters. The van der Waals surface area contributed by atoms with Gasteiger partial charge in [0.1, 0.15) is 0 Å².